The van der Waals surface area contributed by atoms with Crippen molar-refractivity contribution in [1.82, 2.24) is 0 Å². The van der Waals surface area contributed by atoms with Crippen LogP contribution in [0.5, 0.6) is 0 Å². The average Bonchev–Trinajstić information content (AvgIpc) is 2.70. The number of ether oxygens (including phenoxy) is 2. The molecule has 0 aliphatic carbocycles. The lowest BCUT2D eigenvalue weighted by Gasteiger charge is -2.17. The van der Waals surface area contributed by atoms with E-state index in [4.69, 9.17) is 19.3 Å². The van der Waals surface area contributed by atoms with Gasteiger partial charge in [-0.15, -0.1) is 0 Å². The van der Waals surface area contributed by atoms with E-state index in [-0.39, 0.29) is 13.2 Å². The van der Waals surface area contributed by atoms with Crippen LogP contribution in [-0.4, -0.2) is 41.7 Å². The zero-order valence-electron chi connectivity index (χ0n) is 19.9. The van der Waals surface area contributed by atoms with Crippen molar-refractivity contribution >= 4 is 13.8 Å². The Kier molecular flexibility index (Phi) is 21.1. The van der Waals surface area contributed by atoms with Gasteiger partial charge in [0.05, 0.1) is 13.2 Å². The van der Waals surface area contributed by atoms with Gasteiger partial charge in [0, 0.05) is 13.5 Å². The lowest BCUT2D eigenvalue weighted by molar-refractivity contribution is -0.151. The van der Waals surface area contributed by atoms with Gasteiger partial charge >= 0.3 is 13.8 Å². The van der Waals surface area contributed by atoms with Gasteiger partial charge in [0.1, 0.15) is 6.10 Å². The molecule has 1 atom stereocenters. The molecule has 0 aromatic rings. The molecule has 0 aliphatic rings. The zero-order valence-corrected chi connectivity index (χ0v) is 20.8. The van der Waals surface area contributed by atoms with Gasteiger partial charge in [0.25, 0.3) is 0 Å². The van der Waals surface area contributed by atoms with Gasteiger partial charge in [-0.05, 0) is 6.42 Å². The summed E-state index contributed by atoms with van der Waals surface area (Å²) in [5.74, 6) is -0.537. The lowest BCUT2D eigenvalue weighted by Crippen LogP contribution is -2.27. The molecule has 0 radical (unpaired) electrons. The molecule has 0 heterocycles. The monoisotopic (exact) mass is 466 g/mol. The third kappa shape index (κ3) is 25.7. The van der Waals surface area contributed by atoms with Crippen LogP contribution in [0.1, 0.15) is 117 Å². The molecule has 0 bridgehead atoms. The molecule has 2 N–H and O–H groups in total. The van der Waals surface area contributed by atoms with Crippen LogP contribution in [0, 0.1) is 0 Å². The number of phosphoric acid groups is 1. The molecule has 0 rings (SSSR count). The van der Waals surface area contributed by atoms with Crippen LogP contribution in [0.2, 0.25) is 0 Å². The molecule has 0 aromatic heterocycles. The van der Waals surface area contributed by atoms with Crippen molar-refractivity contribution in [2.75, 3.05) is 19.8 Å². The predicted octanol–water partition coefficient (Wildman–Crippen LogP) is 6.31. The molecule has 0 saturated carbocycles. The normalized spacial score (nSPS) is 12.8. The van der Waals surface area contributed by atoms with Crippen molar-refractivity contribution in [3.05, 3.63) is 0 Å². The molecule has 8 heteroatoms. The maximum absolute atomic E-state index is 11.0. The van der Waals surface area contributed by atoms with Crippen LogP contribution in [0.4, 0.5) is 0 Å². The minimum Gasteiger partial charge on any atom is -0.458 e. The highest BCUT2D eigenvalue weighted by atomic mass is 31.2. The maximum atomic E-state index is 11.0. The second-order valence-electron chi connectivity index (χ2n) is 8.40. The first-order valence-electron chi connectivity index (χ1n) is 12.3. The quantitative estimate of drug-likeness (QED) is 0.103. The smallest absolute Gasteiger partial charge is 0.458 e. The Labute approximate surface area is 189 Å². The van der Waals surface area contributed by atoms with Crippen LogP contribution in [0.25, 0.3) is 0 Å². The molecule has 0 aromatic carbocycles. The van der Waals surface area contributed by atoms with E-state index in [1.807, 2.05) is 0 Å². The third-order valence-corrected chi connectivity index (χ3v) is 5.69. The molecular weight excluding hydrogens is 419 g/mol. The van der Waals surface area contributed by atoms with E-state index in [9.17, 15) is 9.36 Å². The summed E-state index contributed by atoms with van der Waals surface area (Å²) in [6.07, 6.45) is 20.1. The van der Waals surface area contributed by atoms with Gasteiger partial charge in [0.2, 0.25) is 0 Å². The van der Waals surface area contributed by atoms with Gasteiger partial charge < -0.3 is 19.3 Å². The van der Waals surface area contributed by atoms with E-state index in [0.29, 0.717) is 6.61 Å². The van der Waals surface area contributed by atoms with Crippen LogP contribution in [-0.2, 0) is 23.4 Å². The molecule has 0 aliphatic heterocycles. The van der Waals surface area contributed by atoms with Gasteiger partial charge in [-0.25, -0.2) is 4.57 Å². The molecule has 0 fully saturated rings. The number of hydrogen-bond acceptors (Lipinski definition) is 5. The molecular formula is C23H47O7P. The molecule has 186 valence electrons. The van der Waals surface area contributed by atoms with Gasteiger partial charge in [-0.2, -0.15) is 0 Å². The highest BCUT2D eigenvalue weighted by Crippen LogP contribution is 2.35. The third-order valence-electron chi connectivity index (χ3n) is 5.21. The Morgan fingerprint density at radius 1 is 0.742 bits per heavy atom. The van der Waals surface area contributed by atoms with Crippen molar-refractivity contribution in [3.63, 3.8) is 0 Å². The van der Waals surface area contributed by atoms with Gasteiger partial charge in [-0.1, -0.05) is 103 Å². The summed E-state index contributed by atoms with van der Waals surface area (Å²) in [5.41, 5.74) is 0. The summed E-state index contributed by atoms with van der Waals surface area (Å²) in [6.45, 7) is 3.71. The minimum atomic E-state index is -4.59. The fourth-order valence-electron chi connectivity index (χ4n) is 3.50. The highest BCUT2D eigenvalue weighted by molar-refractivity contribution is 7.46. The molecule has 0 saturated heterocycles. The number of carbonyl (C=O) groups excluding carboxylic acids is 1. The van der Waals surface area contributed by atoms with E-state index >= 15 is 0 Å². The van der Waals surface area contributed by atoms with E-state index in [2.05, 4.69) is 11.4 Å². The number of rotatable bonds is 23. The maximum Gasteiger partial charge on any atom is 0.469 e. The number of phosphoric ester groups is 1. The Bertz CT molecular complexity index is 453. The SMILES string of the molecule is CCCCCCCCCCCCCCCCCCOC[C@H](COP(=O)(O)O)OC(C)=O. The van der Waals surface area contributed by atoms with Gasteiger partial charge in [-0.3, -0.25) is 9.32 Å². The summed E-state index contributed by atoms with van der Waals surface area (Å²) in [5, 5.41) is 0. The summed E-state index contributed by atoms with van der Waals surface area (Å²) < 4.78 is 25.6. The van der Waals surface area contributed by atoms with Crippen molar-refractivity contribution in [1.29, 1.82) is 0 Å². The Morgan fingerprint density at radius 2 is 1.16 bits per heavy atom. The Balaban J connectivity index is 3.40. The van der Waals surface area contributed by atoms with Crippen molar-refractivity contribution in [3.8, 4) is 0 Å². The summed E-state index contributed by atoms with van der Waals surface area (Å²) in [6, 6.07) is 0. The minimum absolute atomic E-state index is 0.0678. The standard InChI is InChI=1S/C23H47O7P/c1-3-4-5-6-7-8-9-10-11-12-13-14-15-16-17-18-19-28-20-23(30-22(2)24)21-29-31(25,26)27/h23H,3-21H2,1-2H3,(H2,25,26,27)/t23-/m1/s1. The first-order valence-corrected chi connectivity index (χ1v) is 13.8. The molecule has 0 amide bonds. The van der Waals surface area contributed by atoms with Crippen molar-refractivity contribution in [2.24, 2.45) is 0 Å². The largest absolute Gasteiger partial charge is 0.469 e. The highest BCUT2D eigenvalue weighted by Gasteiger charge is 2.20. The van der Waals surface area contributed by atoms with Crippen LogP contribution in [0.15, 0.2) is 0 Å². The fourth-order valence-corrected chi connectivity index (χ4v) is 3.86. The topological polar surface area (TPSA) is 102 Å². The van der Waals surface area contributed by atoms with Crippen LogP contribution >= 0.6 is 7.82 Å². The zero-order chi connectivity index (χ0) is 23.2. The average molecular weight is 467 g/mol. The first-order chi connectivity index (χ1) is 14.8. The number of unbranched alkanes of at least 4 members (excludes halogenated alkanes) is 15. The molecule has 31 heavy (non-hydrogen) atoms. The molecule has 0 unspecified atom stereocenters. The Morgan fingerprint density at radius 3 is 1.55 bits per heavy atom. The summed E-state index contributed by atoms with van der Waals surface area (Å²) >= 11 is 0. The van der Waals surface area contributed by atoms with Crippen LogP contribution < -0.4 is 0 Å². The number of carbonyl (C=O) groups is 1. The van der Waals surface area contributed by atoms with E-state index in [1.165, 1.54) is 96.8 Å². The van der Waals surface area contributed by atoms with E-state index < -0.39 is 19.9 Å². The van der Waals surface area contributed by atoms with E-state index in [1.54, 1.807) is 0 Å². The second kappa shape index (κ2) is 21.4. The van der Waals surface area contributed by atoms with Crippen LogP contribution in [0.3, 0.4) is 0 Å². The number of esters is 1. The fraction of sp³-hybridized carbons (Fsp3) is 0.957. The van der Waals surface area contributed by atoms with Gasteiger partial charge in [0.15, 0.2) is 0 Å². The molecule has 7 nitrogen and oxygen atoms in total. The summed E-state index contributed by atoms with van der Waals surface area (Å²) in [4.78, 5) is 28.5. The number of hydrogen-bond donors (Lipinski definition) is 2. The lowest BCUT2D eigenvalue weighted by atomic mass is 10.0. The summed E-state index contributed by atoms with van der Waals surface area (Å²) in [7, 11) is -4.59. The first kappa shape index (κ1) is 30.5. The second-order valence-corrected chi connectivity index (χ2v) is 9.64. The van der Waals surface area contributed by atoms with Crippen molar-refractivity contribution < 1.29 is 33.1 Å². The predicted molar refractivity (Wildman–Crippen MR) is 124 cm³/mol. The van der Waals surface area contributed by atoms with E-state index in [0.717, 1.165) is 12.8 Å². The van der Waals surface area contributed by atoms with Crippen molar-refractivity contribution in [2.45, 2.75) is 123 Å². The molecule has 0 spiro atoms. The Hall–Kier alpha value is -0.460.